The van der Waals surface area contributed by atoms with E-state index in [1.165, 1.54) is 0 Å². The van der Waals surface area contributed by atoms with E-state index in [-0.39, 0.29) is 0 Å². The van der Waals surface area contributed by atoms with Crippen molar-refractivity contribution < 1.29 is 4.74 Å². The van der Waals surface area contributed by atoms with Crippen LogP contribution in [-0.2, 0) is 6.54 Å². The van der Waals surface area contributed by atoms with Gasteiger partial charge in [0.15, 0.2) is 0 Å². The van der Waals surface area contributed by atoms with Crippen molar-refractivity contribution in [2.45, 2.75) is 20.4 Å². The van der Waals surface area contributed by atoms with Gasteiger partial charge < -0.3 is 10.1 Å². The molecule has 0 radical (unpaired) electrons. The maximum absolute atomic E-state index is 6.17. The Labute approximate surface area is 129 Å². The smallest absolute Gasteiger partial charge is 0.126 e. The molecule has 1 N–H and O–H groups in total. The van der Waals surface area contributed by atoms with Crippen molar-refractivity contribution in [2.75, 3.05) is 12.4 Å². The van der Waals surface area contributed by atoms with Gasteiger partial charge in [0, 0.05) is 27.8 Å². The quantitative estimate of drug-likeness (QED) is 0.835. The van der Waals surface area contributed by atoms with E-state index in [4.69, 9.17) is 27.9 Å². The average Bonchev–Trinajstić information content (AvgIpc) is 2.40. The lowest BCUT2D eigenvalue weighted by atomic mass is 10.1. The zero-order valence-electron chi connectivity index (χ0n) is 11.8. The van der Waals surface area contributed by atoms with Crippen molar-refractivity contribution in [3.05, 3.63) is 57.1 Å². The number of ether oxygens (including phenoxy) is 1. The highest BCUT2D eigenvalue weighted by molar-refractivity contribution is 6.35. The van der Waals surface area contributed by atoms with Crippen molar-refractivity contribution in [1.29, 1.82) is 0 Å². The number of aryl methyl sites for hydroxylation is 1. The van der Waals surface area contributed by atoms with E-state index >= 15 is 0 Å². The summed E-state index contributed by atoms with van der Waals surface area (Å²) in [5, 5.41) is 4.70. The molecule has 0 heterocycles. The number of methoxy groups -OCH3 is 1. The van der Waals surface area contributed by atoms with Gasteiger partial charge in [-0.1, -0.05) is 35.3 Å². The van der Waals surface area contributed by atoms with Crippen LogP contribution in [0, 0.1) is 13.8 Å². The Kier molecular flexibility index (Phi) is 4.79. The highest BCUT2D eigenvalue weighted by Crippen LogP contribution is 2.30. The Morgan fingerprint density at radius 1 is 1.10 bits per heavy atom. The molecular weight excluding hydrogens is 293 g/mol. The Bertz CT molecular complexity index is 626. The fraction of sp³-hybridized carbons (Fsp3) is 0.250. The van der Waals surface area contributed by atoms with Gasteiger partial charge in [0.05, 0.1) is 7.11 Å². The molecule has 106 valence electrons. The first-order valence-corrected chi connectivity index (χ1v) is 7.10. The molecule has 0 fully saturated rings. The molecule has 0 atom stereocenters. The second-order valence-corrected chi connectivity index (χ2v) is 5.52. The SMILES string of the molecule is COc1c(C)ccc(NCc2ccc(Cl)cc2Cl)c1C. The minimum Gasteiger partial charge on any atom is -0.496 e. The van der Waals surface area contributed by atoms with Crippen LogP contribution in [0.15, 0.2) is 30.3 Å². The normalized spacial score (nSPS) is 10.4. The lowest BCUT2D eigenvalue weighted by molar-refractivity contribution is 0.409. The molecule has 0 aromatic heterocycles. The van der Waals surface area contributed by atoms with E-state index in [2.05, 4.69) is 11.4 Å². The van der Waals surface area contributed by atoms with Gasteiger partial charge >= 0.3 is 0 Å². The van der Waals surface area contributed by atoms with Gasteiger partial charge in [-0.3, -0.25) is 0 Å². The van der Waals surface area contributed by atoms with E-state index in [0.717, 1.165) is 28.1 Å². The van der Waals surface area contributed by atoms with Crippen LogP contribution in [0.5, 0.6) is 5.75 Å². The maximum Gasteiger partial charge on any atom is 0.126 e. The number of hydrogen-bond acceptors (Lipinski definition) is 2. The Balaban J connectivity index is 2.19. The second-order valence-electron chi connectivity index (χ2n) is 4.68. The summed E-state index contributed by atoms with van der Waals surface area (Å²) >= 11 is 12.1. The average molecular weight is 310 g/mol. The first kappa shape index (κ1) is 15.0. The van der Waals surface area contributed by atoms with E-state index in [1.807, 2.05) is 32.0 Å². The standard InChI is InChI=1S/C16H17Cl2NO/c1-10-4-7-15(11(2)16(10)20-3)19-9-12-5-6-13(17)8-14(12)18/h4-8,19H,9H2,1-3H3. The monoisotopic (exact) mass is 309 g/mol. The minimum absolute atomic E-state index is 0.642. The van der Waals surface area contributed by atoms with Crippen LogP contribution in [0.4, 0.5) is 5.69 Å². The molecule has 2 rings (SSSR count). The Hall–Kier alpha value is -1.38. The Morgan fingerprint density at radius 2 is 1.85 bits per heavy atom. The fourth-order valence-corrected chi connectivity index (χ4v) is 2.66. The summed E-state index contributed by atoms with van der Waals surface area (Å²) in [6.45, 7) is 4.71. The number of hydrogen-bond donors (Lipinski definition) is 1. The first-order valence-electron chi connectivity index (χ1n) is 6.35. The highest BCUT2D eigenvalue weighted by Gasteiger charge is 2.08. The number of anilines is 1. The molecule has 2 aromatic carbocycles. The third-order valence-electron chi connectivity index (χ3n) is 3.29. The topological polar surface area (TPSA) is 21.3 Å². The molecule has 0 aliphatic rings. The molecule has 0 saturated carbocycles. The predicted molar refractivity (Wildman–Crippen MR) is 86.3 cm³/mol. The zero-order chi connectivity index (χ0) is 14.7. The molecular formula is C16H17Cl2NO. The maximum atomic E-state index is 6.17. The minimum atomic E-state index is 0.642. The molecule has 20 heavy (non-hydrogen) atoms. The number of benzene rings is 2. The number of halogens is 2. The number of nitrogens with one attached hydrogen (secondary N) is 1. The van der Waals surface area contributed by atoms with Gasteiger partial charge in [-0.25, -0.2) is 0 Å². The van der Waals surface area contributed by atoms with Gasteiger partial charge in [0.25, 0.3) is 0 Å². The molecule has 0 aliphatic carbocycles. The van der Waals surface area contributed by atoms with E-state index in [1.54, 1.807) is 13.2 Å². The summed E-state index contributed by atoms with van der Waals surface area (Å²) in [7, 11) is 1.69. The molecule has 0 spiro atoms. The van der Waals surface area contributed by atoms with Crippen molar-refractivity contribution in [3.63, 3.8) is 0 Å². The van der Waals surface area contributed by atoms with Gasteiger partial charge in [-0.15, -0.1) is 0 Å². The summed E-state index contributed by atoms with van der Waals surface area (Å²) in [5.41, 5.74) is 4.27. The predicted octanol–water partition coefficient (Wildman–Crippen LogP) is 5.23. The first-order chi connectivity index (χ1) is 9.52. The molecule has 4 heteroatoms. The molecule has 0 bridgehead atoms. The third-order valence-corrected chi connectivity index (χ3v) is 3.88. The van der Waals surface area contributed by atoms with E-state index in [9.17, 15) is 0 Å². The van der Waals surface area contributed by atoms with Crippen molar-refractivity contribution in [1.82, 2.24) is 0 Å². The van der Waals surface area contributed by atoms with Crippen LogP contribution >= 0.6 is 23.2 Å². The molecule has 0 aliphatic heterocycles. The molecule has 2 aromatic rings. The van der Waals surface area contributed by atoms with Gasteiger partial charge in [0.2, 0.25) is 0 Å². The van der Waals surface area contributed by atoms with Crippen LogP contribution < -0.4 is 10.1 Å². The zero-order valence-corrected chi connectivity index (χ0v) is 13.3. The second kappa shape index (κ2) is 6.38. The summed E-state index contributed by atoms with van der Waals surface area (Å²) in [5.74, 6) is 0.914. The van der Waals surface area contributed by atoms with Gasteiger partial charge in [-0.05, 0) is 43.2 Å². The summed E-state index contributed by atoms with van der Waals surface area (Å²) < 4.78 is 5.42. The molecule has 0 unspecified atom stereocenters. The summed E-state index contributed by atoms with van der Waals surface area (Å²) in [4.78, 5) is 0. The number of rotatable bonds is 4. The van der Waals surface area contributed by atoms with E-state index in [0.29, 0.717) is 16.6 Å². The van der Waals surface area contributed by atoms with E-state index < -0.39 is 0 Å². The summed E-state index contributed by atoms with van der Waals surface area (Å²) in [6.07, 6.45) is 0. The van der Waals surface area contributed by atoms with Crippen molar-refractivity contribution in [3.8, 4) is 5.75 Å². The van der Waals surface area contributed by atoms with Gasteiger partial charge in [0.1, 0.15) is 5.75 Å². The fourth-order valence-electron chi connectivity index (χ4n) is 2.19. The van der Waals surface area contributed by atoms with Crippen LogP contribution in [0.3, 0.4) is 0 Å². The van der Waals surface area contributed by atoms with Crippen molar-refractivity contribution >= 4 is 28.9 Å². The van der Waals surface area contributed by atoms with Crippen LogP contribution in [-0.4, -0.2) is 7.11 Å². The lowest BCUT2D eigenvalue weighted by Crippen LogP contribution is -2.03. The molecule has 0 saturated heterocycles. The van der Waals surface area contributed by atoms with Crippen molar-refractivity contribution in [2.24, 2.45) is 0 Å². The molecule has 2 nitrogen and oxygen atoms in total. The highest BCUT2D eigenvalue weighted by atomic mass is 35.5. The molecule has 0 amide bonds. The Morgan fingerprint density at radius 3 is 2.50 bits per heavy atom. The third kappa shape index (κ3) is 3.20. The van der Waals surface area contributed by atoms with Crippen LogP contribution in [0.2, 0.25) is 10.0 Å². The van der Waals surface area contributed by atoms with Crippen LogP contribution in [0.1, 0.15) is 16.7 Å². The van der Waals surface area contributed by atoms with Crippen LogP contribution in [0.25, 0.3) is 0 Å². The lowest BCUT2D eigenvalue weighted by Gasteiger charge is -2.15. The largest absolute Gasteiger partial charge is 0.496 e. The van der Waals surface area contributed by atoms with Gasteiger partial charge in [-0.2, -0.15) is 0 Å². The summed E-state index contributed by atoms with van der Waals surface area (Å²) in [6, 6.07) is 9.61.